The van der Waals surface area contributed by atoms with E-state index in [2.05, 4.69) is 15.5 Å². The molecule has 9 heteroatoms. The van der Waals surface area contributed by atoms with Gasteiger partial charge in [-0.1, -0.05) is 36.5 Å². The molecule has 0 fully saturated rings. The molecule has 2 aromatic carbocycles. The van der Waals surface area contributed by atoms with Crippen molar-refractivity contribution in [2.24, 2.45) is 0 Å². The molecule has 2 aromatic heterocycles. The Morgan fingerprint density at radius 2 is 1.90 bits per heavy atom. The van der Waals surface area contributed by atoms with Gasteiger partial charge in [-0.2, -0.15) is 5.10 Å². The molecular weight excluding hydrogens is 414 g/mol. The van der Waals surface area contributed by atoms with Crippen LogP contribution in [0.4, 0.5) is 5.13 Å². The fraction of sp³-hybridized carbons (Fsp3) is 0.182. The van der Waals surface area contributed by atoms with E-state index in [1.807, 2.05) is 43.3 Å². The Labute approximate surface area is 183 Å². The summed E-state index contributed by atoms with van der Waals surface area (Å²) in [6.45, 7) is 1.99. The highest BCUT2D eigenvalue weighted by Crippen LogP contribution is 2.35. The molecule has 0 saturated carbocycles. The predicted molar refractivity (Wildman–Crippen MR) is 119 cm³/mol. The number of aryl methyl sites for hydroxylation is 1. The number of nitrogens with zero attached hydrogens (tertiary/aromatic N) is 4. The maximum atomic E-state index is 13.2. The van der Waals surface area contributed by atoms with Crippen molar-refractivity contribution < 1.29 is 14.3 Å². The average Bonchev–Trinajstić information content (AvgIpc) is 3.46. The van der Waals surface area contributed by atoms with E-state index in [1.54, 1.807) is 37.2 Å². The van der Waals surface area contributed by atoms with Gasteiger partial charge in [-0.25, -0.2) is 4.68 Å². The summed E-state index contributed by atoms with van der Waals surface area (Å²) in [5, 5.41) is 16.9. The van der Waals surface area contributed by atoms with Crippen LogP contribution in [0.3, 0.4) is 0 Å². The van der Waals surface area contributed by atoms with Gasteiger partial charge in [0, 0.05) is 17.8 Å². The zero-order valence-corrected chi connectivity index (χ0v) is 18.1. The number of carbonyl (C=O) groups excluding carboxylic acids is 1. The number of hydrogen-bond donors (Lipinski definition) is 1. The minimum absolute atomic E-state index is 0.325. The largest absolute Gasteiger partial charge is 0.497 e. The summed E-state index contributed by atoms with van der Waals surface area (Å²) < 4.78 is 12.5. The van der Waals surface area contributed by atoms with Gasteiger partial charge in [0.2, 0.25) is 5.13 Å². The van der Waals surface area contributed by atoms with Gasteiger partial charge >= 0.3 is 0 Å². The van der Waals surface area contributed by atoms with E-state index in [9.17, 15) is 4.79 Å². The lowest BCUT2D eigenvalue weighted by Gasteiger charge is -2.10. The SMILES string of the molecule is CCc1nnc(NC(=O)c2cn(-c3ccccc3)nc2-c2ccc(OC)cc2OC)s1. The fourth-order valence-electron chi connectivity index (χ4n) is 3.06. The second kappa shape index (κ2) is 8.97. The van der Waals surface area contributed by atoms with Crippen LogP contribution < -0.4 is 14.8 Å². The summed E-state index contributed by atoms with van der Waals surface area (Å²) in [7, 11) is 3.16. The van der Waals surface area contributed by atoms with Gasteiger partial charge in [-0.15, -0.1) is 10.2 Å². The first-order valence-corrected chi connectivity index (χ1v) is 10.5. The second-order valence-corrected chi connectivity index (χ2v) is 7.61. The lowest BCUT2D eigenvalue weighted by molar-refractivity contribution is 0.102. The van der Waals surface area contributed by atoms with Crippen molar-refractivity contribution >= 4 is 22.4 Å². The third-order valence-corrected chi connectivity index (χ3v) is 5.62. The first-order chi connectivity index (χ1) is 15.1. The Morgan fingerprint density at radius 1 is 1.10 bits per heavy atom. The van der Waals surface area contributed by atoms with Crippen molar-refractivity contribution in [3.05, 3.63) is 65.3 Å². The van der Waals surface area contributed by atoms with Crippen molar-refractivity contribution in [1.29, 1.82) is 0 Å². The van der Waals surface area contributed by atoms with Crippen LogP contribution in [0.15, 0.2) is 54.7 Å². The first kappa shape index (κ1) is 20.5. The van der Waals surface area contributed by atoms with Crippen LogP contribution in [0.5, 0.6) is 11.5 Å². The number of ether oxygens (including phenoxy) is 2. The molecular formula is C22H21N5O3S. The van der Waals surface area contributed by atoms with Crippen LogP contribution in [0.2, 0.25) is 0 Å². The molecule has 1 N–H and O–H groups in total. The number of benzene rings is 2. The zero-order chi connectivity index (χ0) is 21.8. The van der Waals surface area contributed by atoms with E-state index >= 15 is 0 Å². The third-order valence-electron chi connectivity index (χ3n) is 4.63. The molecule has 0 radical (unpaired) electrons. The van der Waals surface area contributed by atoms with Crippen molar-refractivity contribution in [2.75, 3.05) is 19.5 Å². The Balaban J connectivity index is 1.79. The smallest absolute Gasteiger partial charge is 0.261 e. The highest BCUT2D eigenvalue weighted by atomic mass is 32.1. The second-order valence-electron chi connectivity index (χ2n) is 6.55. The number of amides is 1. The van der Waals surface area contributed by atoms with Crippen molar-refractivity contribution in [1.82, 2.24) is 20.0 Å². The van der Waals surface area contributed by atoms with Crippen molar-refractivity contribution in [2.45, 2.75) is 13.3 Å². The summed E-state index contributed by atoms with van der Waals surface area (Å²) in [6, 6.07) is 15.0. The molecule has 0 aliphatic rings. The molecule has 0 spiro atoms. The Kier molecular flexibility index (Phi) is 5.94. The molecule has 0 bridgehead atoms. The quantitative estimate of drug-likeness (QED) is 0.467. The van der Waals surface area contributed by atoms with E-state index in [0.717, 1.165) is 17.1 Å². The number of rotatable bonds is 7. The Hall–Kier alpha value is -3.72. The lowest BCUT2D eigenvalue weighted by Crippen LogP contribution is -2.12. The standard InChI is InChI=1S/C22H21N5O3S/c1-4-19-24-25-22(31-19)23-21(28)17-13-27(14-8-6-5-7-9-14)26-20(17)16-11-10-15(29-2)12-18(16)30-3/h5-13H,4H2,1-3H3,(H,23,25,28). The van der Waals surface area contributed by atoms with Crippen LogP contribution in [0.1, 0.15) is 22.3 Å². The fourth-order valence-corrected chi connectivity index (χ4v) is 3.73. The van der Waals surface area contributed by atoms with Crippen molar-refractivity contribution in [3.8, 4) is 28.4 Å². The van der Waals surface area contributed by atoms with Gasteiger partial charge in [0.1, 0.15) is 22.2 Å². The summed E-state index contributed by atoms with van der Waals surface area (Å²) in [5.74, 6) is 0.875. The monoisotopic (exact) mass is 435 g/mol. The molecule has 4 aromatic rings. The first-order valence-electron chi connectivity index (χ1n) is 9.64. The number of para-hydroxylation sites is 1. The Morgan fingerprint density at radius 3 is 2.58 bits per heavy atom. The van der Waals surface area contributed by atoms with Gasteiger partial charge < -0.3 is 9.47 Å². The predicted octanol–water partition coefficient (Wildman–Crippen LogP) is 4.22. The number of nitrogens with one attached hydrogen (secondary N) is 1. The molecule has 2 heterocycles. The normalized spacial score (nSPS) is 10.7. The summed E-state index contributed by atoms with van der Waals surface area (Å²) in [5.41, 5.74) is 2.38. The van der Waals surface area contributed by atoms with Gasteiger partial charge in [0.15, 0.2) is 0 Å². The van der Waals surface area contributed by atoms with Crippen molar-refractivity contribution in [3.63, 3.8) is 0 Å². The third kappa shape index (κ3) is 4.26. The van der Waals surface area contributed by atoms with Gasteiger partial charge in [0.05, 0.1) is 25.5 Å². The summed E-state index contributed by atoms with van der Waals surface area (Å²) in [6.07, 6.45) is 2.46. The molecule has 4 rings (SSSR count). The summed E-state index contributed by atoms with van der Waals surface area (Å²) >= 11 is 1.35. The zero-order valence-electron chi connectivity index (χ0n) is 17.3. The lowest BCUT2D eigenvalue weighted by atomic mass is 10.1. The molecule has 0 aliphatic carbocycles. The minimum Gasteiger partial charge on any atom is -0.497 e. The van der Waals surface area contributed by atoms with Crippen LogP contribution in [-0.2, 0) is 6.42 Å². The van der Waals surface area contributed by atoms with E-state index < -0.39 is 0 Å². The van der Waals surface area contributed by atoms with Gasteiger partial charge in [0.25, 0.3) is 5.91 Å². The van der Waals surface area contributed by atoms with Crippen LogP contribution in [0, 0.1) is 0 Å². The molecule has 0 unspecified atom stereocenters. The van der Waals surface area contributed by atoms with Crippen LogP contribution in [0.25, 0.3) is 16.9 Å². The number of anilines is 1. The molecule has 8 nitrogen and oxygen atoms in total. The maximum Gasteiger partial charge on any atom is 0.261 e. The number of aromatic nitrogens is 4. The topological polar surface area (TPSA) is 91.2 Å². The summed E-state index contributed by atoms with van der Waals surface area (Å²) in [4.78, 5) is 13.2. The van der Waals surface area contributed by atoms with Crippen LogP contribution >= 0.6 is 11.3 Å². The van der Waals surface area contributed by atoms with E-state index in [0.29, 0.717) is 33.5 Å². The molecule has 1 amide bonds. The molecule has 158 valence electrons. The number of methoxy groups -OCH3 is 2. The van der Waals surface area contributed by atoms with E-state index in [-0.39, 0.29) is 5.91 Å². The highest BCUT2D eigenvalue weighted by Gasteiger charge is 2.22. The molecule has 31 heavy (non-hydrogen) atoms. The Bertz CT molecular complexity index is 1200. The number of hydrogen-bond acceptors (Lipinski definition) is 7. The van der Waals surface area contributed by atoms with Gasteiger partial charge in [-0.05, 0) is 30.7 Å². The molecule has 0 aliphatic heterocycles. The van der Waals surface area contributed by atoms with E-state index in [4.69, 9.17) is 14.6 Å². The number of carbonyl (C=O) groups is 1. The maximum absolute atomic E-state index is 13.2. The molecule has 0 atom stereocenters. The van der Waals surface area contributed by atoms with Crippen LogP contribution in [-0.4, -0.2) is 40.1 Å². The van der Waals surface area contributed by atoms with Gasteiger partial charge in [-0.3, -0.25) is 10.1 Å². The molecule has 0 saturated heterocycles. The minimum atomic E-state index is -0.325. The van der Waals surface area contributed by atoms with E-state index in [1.165, 1.54) is 11.3 Å². The average molecular weight is 436 g/mol. The highest BCUT2D eigenvalue weighted by molar-refractivity contribution is 7.15.